The molecule has 0 aliphatic heterocycles. The van der Waals surface area contributed by atoms with Crippen molar-refractivity contribution < 1.29 is 19.1 Å². The van der Waals surface area contributed by atoms with Gasteiger partial charge < -0.3 is 14.8 Å². The van der Waals surface area contributed by atoms with Crippen molar-refractivity contribution in [3.63, 3.8) is 0 Å². The molecule has 2 aromatic rings. The number of ether oxygens (including phenoxy) is 2. The van der Waals surface area contributed by atoms with E-state index in [9.17, 15) is 9.59 Å². The molecule has 1 amide bonds. The zero-order valence-electron chi connectivity index (χ0n) is 13.1. The summed E-state index contributed by atoms with van der Waals surface area (Å²) < 4.78 is 10.2. The van der Waals surface area contributed by atoms with Crippen LogP contribution in [-0.2, 0) is 16.1 Å². The van der Waals surface area contributed by atoms with E-state index in [-0.39, 0.29) is 13.2 Å². The summed E-state index contributed by atoms with van der Waals surface area (Å²) in [4.78, 5) is 23.8. The third kappa shape index (κ3) is 4.34. The first-order valence-electron chi connectivity index (χ1n) is 7.20. The molecule has 1 N–H and O–H groups in total. The van der Waals surface area contributed by atoms with Crippen LogP contribution in [0.4, 0.5) is 0 Å². The maximum absolute atomic E-state index is 12.1. The molecule has 0 aromatic heterocycles. The Balaban J connectivity index is 1.87. The van der Waals surface area contributed by atoms with Gasteiger partial charge in [-0.1, -0.05) is 30.3 Å². The number of hydrogen-bond acceptors (Lipinski definition) is 5. The number of carbonyl (C=O) groups is 2. The number of nitrogens with one attached hydrogen (secondary N) is 1. The van der Waals surface area contributed by atoms with Gasteiger partial charge in [-0.15, -0.1) is 0 Å². The van der Waals surface area contributed by atoms with Crippen molar-refractivity contribution in [3.8, 4) is 11.8 Å². The highest BCUT2D eigenvalue weighted by Gasteiger charge is 2.13. The maximum atomic E-state index is 12.1. The van der Waals surface area contributed by atoms with Gasteiger partial charge >= 0.3 is 5.97 Å². The Hall–Kier alpha value is -3.33. The fraction of sp³-hybridized carbons (Fsp3) is 0.167. The summed E-state index contributed by atoms with van der Waals surface area (Å²) in [5, 5.41) is 11.5. The number of methoxy groups -OCH3 is 1. The predicted octanol–water partition coefficient (Wildman–Crippen LogP) is 2.04. The molecule has 0 heterocycles. The van der Waals surface area contributed by atoms with Crippen LogP contribution in [0, 0.1) is 11.3 Å². The first kappa shape index (κ1) is 17.0. The lowest BCUT2D eigenvalue weighted by molar-refractivity contribution is -0.143. The zero-order valence-corrected chi connectivity index (χ0v) is 13.1. The molecule has 0 aliphatic rings. The summed E-state index contributed by atoms with van der Waals surface area (Å²) in [6, 6.07) is 15.6. The molecule has 2 rings (SSSR count). The van der Waals surface area contributed by atoms with E-state index >= 15 is 0 Å². The molecular formula is C18H16N2O4. The summed E-state index contributed by atoms with van der Waals surface area (Å²) in [6.07, 6.45) is 0. The van der Waals surface area contributed by atoms with Crippen molar-refractivity contribution in [3.05, 3.63) is 65.2 Å². The Kier molecular flexibility index (Phi) is 5.92. The van der Waals surface area contributed by atoms with Gasteiger partial charge in [0.05, 0.1) is 24.3 Å². The molecular weight excluding hydrogens is 308 g/mol. The molecule has 2 aromatic carbocycles. The lowest BCUT2D eigenvalue weighted by atomic mass is 10.1. The van der Waals surface area contributed by atoms with Crippen LogP contribution in [0.2, 0.25) is 0 Å². The number of carbonyl (C=O) groups excluding carboxylic acids is 2. The summed E-state index contributed by atoms with van der Waals surface area (Å²) in [5.41, 5.74) is 1.40. The second-order valence-electron chi connectivity index (χ2n) is 4.81. The highest BCUT2D eigenvalue weighted by Crippen LogP contribution is 2.16. The molecule has 6 heteroatoms. The number of rotatable bonds is 6. The molecule has 0 radical (unpaired) electrons. The lowest BCUT2D eigenvalue weighted by Gasteiger charge is -2.09. The highest BCUT2D eigenvalue weighted by molar-refractivity contribution is 5.98. The Morgan fingerprint density at radius 2 is 1.83 bits per heavy atom. The summed E-state index contributed by atoms with van der Waals surface area (Å²) in [7, 11) is 1.47. The number of amides is 1. The van der Waals surface area contributed by atoms with Crippen molar-refractivity contribution in [2.24, 2.45) is 0 Å². The minimum Gasteiger partial charge on any atom is -0.496 e. The molecule has 0 saturated heterocycles. The van der Waals surface area contributed by atoms with Crippen LogP contribution >= 0.6 is 0 Å². The van der Waals surface area contributed by atoms with Crippen LogP contribution in [0.3, 0.4) is 0 Å². The zero-order chi connectivity index (χ0) is 17.4. The molecule has 24 heavy (non-hydrogen) atoms. The van der Waals surface area contributed by atoms with Gasteiger partial charge in [0.15, 0.2) is 0 Å². The van der Waals surface area contributed by atoms with Crippen molar-refractivity contribution in [2.75, 3.05) is 13.7 Å². The molecule has 0 spiro atoms. The van der Waals surface area contributed by atoms with Gasteiger partial charge in [-0.2, -0.15) is 5.26 Å². The van der Waals surface area contributed by atoms with Gasteiger partial charge in [0, 0.05) is 5.56 Å². The normalized spacial score (nSPS) is 9.67. The average molecular weight is 324 g/mol. The Morgan fingerprint density at radius 1 is 1.12 bits per heavy atom. The highest BCUT2D eigenvalue weighted by atomic mass is 16.5. The molecule has 0 fully saturated rings. The quantitative estimate of drug-likeness (QED) is 0.822. The van der Waals surface area contributed by atoms with Gasteiger partial charge in [0.25, 0.3) is 5.91 Å². The van der Waals surface area contributed by atoms with Crippen LogP contribution in [0.25, 0.3) is 0 Å². The smallest absolute Gasteiger partial charge is 0.325 e. The summed E-state index contributed by atoms with van der Waals surface area (Å²) in [6.45, 7) is -0.293. The predicted molar refractivity (Wildman–Crippen MR) is 86.3 cm³/mol. The lowest BCUT2D eigenvalue weighted by Crippen LogP contribution is -2.30. The maximum Gasteiger partial charge on any atom is 0.325 e. The second kappa shape index (κ2) is 8.34. The van der Waals surface area contributed by atoms with E-state index in [1.165, 1.54) is 7.11 Å². The molecule has 6 nitrogen and oxygen atoms in total. The van der Waals surface area contributed by atoms with Crippen LogP contribution in [0.5, 0.6) is 5.75 Å². The number of nitrogens with zero attached hydrogens (tertiary/aromatic N) is 1. The van der Waals surface area contributed by atoms with Crippen LogP contribution in [-0.4, -0.2) is 25.5 Å². The van der Waals surface area contributed by atoms with E-state index < -0.39 is 11.9 Å². The SMILES string of the molecule is COc1ccccc1C(=O)NCC(=O)OCc1ccccc1C#N. The standard InChI is InChI=1S/C18H16N2O4/c1-23-16-9-5-4-8-15(16)18(22)20-11-17(21)24-12-14-7-3-2-6-13(14)10-19/h2-9H,11-12H2,1H3,(H,20,22). The second-order valence-corrected chi connectivity index (χ2v) is 4.81. The molecule has 0 bridgehead atoms. The average Bonchev–Trinajstić information content (AvgIpc) is 2.64. The Morgan fingerprint density at radius 3 is 2.58 bits per heavy atom. The fourth-order valence-corrected chi connectivity index (χ4v) is 2.04. The molecule has 122 valence electrons. The molecule has 0 unspecified atom stereocenters. The fourth-order valence-electron chi connectivity index (χ4n) is 2.04. The first-order valence-corrected chi connectivity index (χ1v) is 7.20. The van der Waals surface area contributed by atoms with Gasteiger partial charge in [0.1, 0.15) is 18.9 Å². The van der Waals surface area contributed by atoms with E-state index in [1.54, 1.807) is 48.5 Å². The van der Waals surface area contributed by atoms with Gasteiger partial charge in [-0.05, 0) is 18.2 Å². The number of esters is 1. The summed E-state index contributed by atoms with van der Waals surface area (Å²) >= 11 is 0. The van der Waals surface area contributed by atoms with Crippen LogP contribution in [0.15, 0.2) is 48.5 Å². The number of para-hydroxylation sites is 1. The number of benzene rings is 2. The Bertz CT molecular complexity index is 781. The Labute approximate surface area is 139 Å². The third-order valence-corrected chi connectivity index (χ3v) is 3.27. The van der Waals surface area contributed by atoms with E-state index in [4.69, 9.17) is 14.7 Å². The van der Waals surface area contributed by atoms with Gasteiger partial charge in [-0.25, -0.2) is 0 Å². The first-order chi connectivity index (χ1) is 11.7. The van der Waals surface area contributed by atoms with Crippen molar-refractivity contribution in [2.45, 2.75) is 6.61 Å². The van der Waals surface area contributed by atoms with Crippen LogP contribution in [0.1, 0.15) is 21.5 Å². The van der Waals surface area contributed by atoms with Gasteiger partial charge in [0.2, 0.25) is 0 Å². The molecule has 0 saturated carbocycles. The minimum absolute atomic E-state index is 0.0207. The van der Waals surface area contributed by atoms with Crippen molar-refractivity contribution in [1.29, 1.82) is 5.26 Å². The van der Waals surface area contributed by atoms with Crippen LogP contribution < -0.4 is 10.1 Å². The number of nitriles is 1. The van der Waals surface area contributed by atoms with E-state index in [1.807, 2.05) is 6.07 Å². The number of hydrogen-bond donors (Lipinski definition) is 1. The molecule has 0 atom stereocenters. The van der Waals surface area contributed by atoms with E-state index in [0.717, 1.165) is 0 Å². The third-order valence-electron chi connectivity index (χ3n) is 3.27. The summed E-state index contributed by atoms with van der Waals surface area (Å²) in [5.74, 6) is -0.598. The van der Waals surface area contributed by atoms with Gasteiger partial charge in [-0.3, -0.25) is 9.59 Å². The largest absolute Gasteiger partial charge is 0.496 e. The van der Waals surface area contributed by atoms with Crippen molar-refractivity contribution >= 4 is 11.9 Å². The minimum atomic E-state index is -0.592. The van der Waals surface area contributed by atoms with E-state index in [0.29, 0.717) is 22.4 Å². The molecule has 0 aliphatic carbocycles. The van der Waals surface area contributed by atoms with E-state index in [2.05, 4.69) is 5.32 Å². The van der Waals surface area contributed by atoms with Crippen molar-refractivity contribution in [1.82, 2.24) is 5.32 Å². The topological polar surface area (TPSA) is 88.4 Å². The monoisotopic (exact) mass is 324 g/mol.